The van der Waals surface area contributed by atoms with Gasteiger partial charge in [-0.3, -0.25) is 9.79 Å². The highest BCUT2D eigenvalue weighted by atomic mass is 35.5. The first-order valence-electron chi connectivity index (χ1n) is 8.37. The van der Waals surface area contributed by atoms with Crippen molar-refractivity contribution < 1.29 is 4.79 Å². The number of hydrogen-bond acceptors (Lipinski definition) is 2. The third-order valence-electron chi connectivity index (χ3n) is 3.91. The van der Waals surface area contributed by atoms with Crippen molar-refractivity contribution in [1.29, 1.82) is 0 Å². The van der Waals surface area contributed by atoms with Gasteiger partial charge in [0.05, 0.1) is 0 Å². The number of aliphatic imine (C=N–C) groups is 1. The molecule has 0 spiro atoms. The van der Waals surface area contributed by atoms with Crippen LogP contribution < -0.4 is 5.32 Å². The summed E-state index contributed by atoms with van der Waals surface area (Å²) in [6.45, 7) is 1.28. The van der Waals surface area contributed by atoms with E-state index < -0.39 is 0 Å². The minimum atomic E-state index is -0.00527. The lowest BCUT2D eigenvalue weighted by molar-refractivity contribution is 0.0827. The van der Waals surface area contributed by atoms with Crippen molar-refractivity contribution in [3.8, 4) is 0 Å². The number of nitrogens with zero attached hydrogens (tertiary/aromatic N) is 3. The molecule has 6 heteroatoms. The lowest BCUT2D eigenvalue weighted by Crippen LogP contribution is -2.38. The van der Waals surface area contributed by atoms with Gasteiger partial charge in [0.15, 0.2) is 5.96 Å². The van der Waals surface area contributed by atoms with Crippen molar-refractivity contribution >= 4 is 23.5 Å². The zero-order chi connectivity index (χ0) is 19.1. The minimum absolute atomic E-state index is 0.00527. The van der Waals surface area contributed by atoms with Crippen LogP contribution in [0.1, 0.15) is 21.5 Å². The van der Waals surface area contributed by atoms with Gasteiger partial charge in [-0.1, -0.05) is 35.9 Å². The van der Waals surface area contributed by atoms with Gasteiger partial charge in [0.1, 0.15) is 0 Å². The van der Waals surface area contributed by atoms with Crippen molar-refractivity contribution in [3.63, 3.8) is 0 Å². The highest BCUT2D eigenvalue weighted by Gasteiger charge is 2.10. The first kappa shape index (κ1) is 19.8. The summed E-state index contributed by atoms with van der Waals surface area (Å²) < 4.78 is 0. The van der Waals surface area contributed by atoms with Crippen LogP contribution in [0.3, 0.4) is 0 Å². The predicted octanol–water partition coefficient (Wildman–Crippen LogP) is 3.25. The molecular weight excluding hydrogens is 348 g/mol. The fourth-order valence-corrected chi connectivity index (χ4v) is 2.84. The second-order valence-electron chi connectivity index (χ2n) is 6.29. The minimum Gasteiger partial charge on any atom is -0.352 e. The number of guanidine groups is 1. The molecule has 0 aliphatic heterocycles. The second kappa shape index (κ2) is 9.25. The molecule has 0 saturated carbocycles. The Labute approximate surface area is 160 Å². The van der Waals surface area contributed by atoms with Crippen LogP contribution in [-0.4, -0.2) is 49.9 Å². The number of halogens is 1. The van der Waals surface area contributed by atoms with Crippen LogP contribution in [0.5, 0.6) is 0 Å². The normalized spacial score (nSPS) is 11.2. The summed E-state index contributed by atoms with van der Waals surface area (Å²) in [6.07, 6.45) is 0. The number of carbonyl (C=O) groups excluding carboxylic acids is 1. The van der Waals surface area contributed by atoms with E-state index in [0.29, 0.717) is 18.7 Å². The maximum absolute atomic E-state index is 12.1. The third-order valence-corrected chi connectivity index (χ3v) is 4.15. The van der Waals surface area contributed by atoms with Crippen molar-refractivity contribution in [2.24, 2.45) is 4.99 Å². The lowest BCUT2D eigenvalue weighted by Gasteiger charge is -2.22. The van der Waals surface area contributed by atoms with E-state index in [1.54, 1.807) is 26.0 Å². The molecule has 0 aromatic heterocycles. The molecular formula is C20H25ClN4O. The van der Waals surface area contributed by atoms with Crippen LogP contribution >= 0.6 is 11.6 Å². The largest absolute Gasteiger partial charge is 0.352 e. The molecule has 138 valence electrons. The van der Waals surface area contributed by atoms with E-state index in [2.05, 4.69) is 10.3 Å². The smallest absolute Gasteiger partial charge is 0.253 e. The molecule has 0 unspecified atom stereocenters. The van der Waals surface area contributed by atoms with Gasteiger partial charge in [0.25, 0.3) is 5.91 Å². The van der Waals surface area contributed by atoms with E-state index in [1.165, 1.54) is 0 Å². The quantitative estimate of drug-likeness (QED) is 0.647. The van der Waals surface area contributed by atoms with Crippen molar-refractivity contribution in [2.75, 3.05) is 28.2 Å². The van der Waals surface area contributed by atoms with Crippen molar-refractivity contribution in [1.82, 2.24) is 15.1 Å². The Morgan fingerprint density at radius 3 is 2.42 bits per heavy atom. The summed E-state index contributed by atoms with van der Waals surface area (Å²) in [7, 11) is 7.23. The molecule has 1 N–H and O–H groups in total. The molecule has 2 rings (SSSR count). The molecule has 5 nitrogen and oxygen atoms in total. The Hall–Kier alpha value is -2.53. The van der Waals surface area contributed by atoms with Crippen molar-refractivity contribution in [2.45, 2.75) is 13.1 Å². The van der Waals surface area contributed by atoms with Crippen LogP contribution in [0.25, 0.3) is 0 Å². The summed E-state index contributed by atoms with van der Waals surface area (Å²) in [5.74, 6) is 0.767. The monoisotopic (exact) mass is 372 g/mol. The van der Waals surface area contributed by atoms with E-state index in [9.17, 15) is 4.79 Å². The van der Waals surface area contributed by atoms with Gasteiger partial charge >= 0.3 is 0 Å². The highest BCUT2D eigenvalue weighted by molar-refractivity contribution is 6.30. The molecule has 26 heavy (non-hydrogen) atoms. The first-order chi connectivity index (χ1) is 12.4. The fraction of sp³-hybridized carbons (Fsp3) is 0.300. The zero-order valence-electron chi connectivity index (χ0n) is 15.7. The molecule has 0 atom stereocenters. The number of rotatable bonds is 5. The summed E-state index contributed by atoms with van der Waals surface area (Å²) in [5.41, 5.74) is 2.81. The molecule has 2 aromatic carbocycles. The maximum Gasteiger partial charge on any atom is 0.253 e. The summed E-state index contributed by atoms with van der Waals surface area (Å²) >= 11 is 6.05. The van der Waals surface area contributed by atoms with Crippen molar-refractivity contribution in [3.05, 3.63) is 70.2 Å². The van der Waals surface area contributed by atoms with Gasteiger partial charge in [-0.25, -0.2) is 0 Å². The third kappa shape index (κ3) is 5.49. The van der Waals surface area contributed by atoms with E-state index in [-0.39, 0.29) is 5.91 Å². The Morgan fingerprint density at radius 2 is 1.77 bits per heavy atom. The topological polar surface area (TPSA) is 47.9 Å². The average Bonchev–Trinajstić information content (AvgIpc) is 2.61. The van der Waals surface area contributed by atoms with Crippen LogP contribution in [0.15, 0.2) is 53.5 Å². The van der Waals surface area contributed by atoms with Crippen LogP contribution in [0.2, 0.25) is 5.02 Å². The average molecular weight is 373 g/mol. The van der Waals surface area contributed by atoms with Gasteiger partial charge in [-0.15, -0.1) is 0 Å². The second-order valence-corrected chi connectivity index (χ2v) is 6.72. The van der Waals surface area contributed by atoms with Gasteiger partial charge in [0, 0.05) is 51.9 Å². The lowest BCUT2D eigenvalue weighted by atomic mass is 10.1. The highest BCUT2D eigenvalue weighted by Crippen LogP contribution is 2.12. The molecule has 0 saturated heterocycles. The van der Waals surface area contributed by atoms with Gasteiger partial charge in [0.2, 0.25) is 0 Å². The molecule has 0 radical (unpaired) electrons. The molecule has 0 aliphatic carbocycles. The molecule has 1 amide bonds. The Morgan fingerprint density at radius 1 is 1.08 bits per heavy atom. The number of hydrogen-bond donors (Lipinski definition) is 1. The van der Waals surface area contributed by atoms with Crippen LogP contribution in [-0.2, 0) is 13.1 Å². The fourth-order valence-electron chi connectivity index (χ4n) is 2.62. The number of carbonyl (C=O) groups is 1. The van der Waals surface area contributed by atoms with Gasteiger partial charge in [-0.05, 0) is 35.4 Å². The first-order valence-corrected chi connectivity index (χ1v) is 8.75. The SMILES string of the molecule is CN=C(NCc1cccc(C(=O)N(C)C)c1)N(C)Cc1cccc(Cl)c1. The summed E-state index contributed by atoms with van der Waals surface area (Å²) in [6, 6.07) is 15.4. The predicted molar refractivity (Wildman–Crippen MR) is 108 cm³/mol. The summed E-state index contributed by atoms with van der Waals surface area (Å²) in [4.78, 5) is 20.0. The number of benzene rings is 2. The van der Waals surface area contributed by atoms with E-state index in [0.717, 1.165) is 22.1 Å². The maximum atomic E-state index is 12.1. The van der Waals surface area contributed by atoms with Gasteiger partial charge in [-0.2, -0.15) is 0 Å². The number of amides is 1. The Balaban J connectivity index is 2.00. The van der Waals surface area contributed by atoms with E-state index in [4.69, 9.17) is 11.6 Å². The Kier molecular flexibility index (Phi) is 7.04. The van der Waals surface area contributed by atoms with Crippen LogP contribution in [0.4, 0.5) is 0 Å². The summed E-state index contributed by atoms with van der Waals surface area (Å²) in [5, 5.41) is 4.06. The standard InChI is InChI=1S/C20H25ClN4O/c1-22-20(25(4)14-16-8-6-10-18(21)12-16)23-13-15-7-5-9-17(11-15)19(26)24(2)3/h5-12H,13-14H2,1-4H3,(H,22,23). The molecule has 0 heterocycles. The molecule has 0 fully saturated rings. The Bertz CT molecular complexity index is 789. The number of nitrogens with one attached hydrogen (secondary N) is 1. The van der Waals surface area contributed by atoms with Gasteiger partial charge < -0.3 is 15.1 Å². The molecule has 0 bridgehead atoms. The van der Waals surface area contributed by atoms with E-state index >= 15 is 0 Å². The molecule has 0 aliphatic rings. The van der Waals surface area contributed by atoms with E-state index in [1.807, 2.05) is 60.5 Å². The van der Waals surface area contributed by atoms with Crippen LogP contribution in [0, 0.1) is 0 Å². The zero-order valence-corrected chi connectivity index (χ0v) is 16.4. The molecule has 2 aromatic rings.